The van der Waals surface area contributed by atoms with E-state index in [1.54, 1.807) is 0 Å². The van der Waals surface area contributed by atoms with Crippen LogP contribution in [0, 0.1) is 23.0 Å². The third-order valence-electron chi connectivity index (χ3n) is 5.35. The predicted molar refractivity (Wildman–Crippen MR) is 120 cm³/mol. The molecule has 0 aliphatic rings. The van der Waals surface area contributed by atoms with E-state index in [1.807, 2.05) is 24.3 Å². The van der Waals surface area contributed by atoms with Crippen molar-refractivity contribution in [3.05, 3.63) is 89.0 Å². The van der Waals surface area contributed by atoms with E-state index in [0.29, 0.717) is 11.8 Å². The SMILES string of the molecule is CCCCCc1ccc(-c2ccc(C(CC=O)Oc3cc(F)c(C#N)c(F)c3)cc2)cc1. The number of aryl methyl sites for hydroxylation is 1. The summed E-state index contributed by atoms with van der Waals surface area (Å²) in [5, 5.41) is 8.80. The highest BCUT2D eigenvalue weighted by Gasteiger charge is 2.17. The lowest BCUT2D eigenvalue weighted by Gasteiger charge is -2.18. The maximum absolute atomic E-state index is 13.9. The molecule has 3 aromatic carbocycles. The van der Waals surface area contributed by atoms with Gasteiger partial charge in [0.1, 0.15) is 41.4 Å². The molecule has 5 heteroatoms. The summed E-state index contributed by atoms with van der Waals surface area (Å²) < 4.78 is 33.5. The Morgan fingerprint density at radius 2 is 1.56 bits per heavy atom. The number of nitriles is 1. The first kappa shape index (κ1) is 23.1. The van der Waals surface area contributed by atoms with Crippen LogP contribution in [-0.4, -0.2) is 6.29 Å². The van der Waals surface area contributed by atoms with Gasteiger partial charge in [-0.25, -0.2) is 8.78 Å². The van der Waals surface area contributed by atoms with E-state index in [4.69, 9.17) is 10.00 Å². The van der Waals surface area contributed by atoms with Crippen molar-refractivity contribution in [2.75, 3.05) is 0 Å². The number of carbonyl (C=O) groups excluding carboxylic acids is 1. The molecule has 1 unspecified atom stereocenters. The number of aldehydes is 1. The molecule has 3 aromatic rings. The summed E-state index contributed by atoms with van der Waals surface area (Å²) in [5.74, 6) is -2.07. The van der Waals surface area contributed by atoms with Gasteiger partial charge in [0.25, 0.3) is 0 Å². The third kappa shape index (κ3) is 5.79. The highest BCUT2D eigenvalue weighted by atomic mass is 19.1. The zero-order valence-electron chi connectivity index (χ0n) is 18.0. The molecule has 0 bridgehead atoms. The molecular weight excluding hydrogens is 408 g/mol. The summed E-state index contributed by atoms with van der Waals surface area (Å²) in [6, 6.07) is 19.4. The zero-order valence-corrected chi connectivity index (χ0v) is 18.0. The number of benzene rings is 3. The average Bonchev–Trinajstić information content (AvgIpc) is 2.79. The molecule has 0 heterocycles. The molecule has 164 valence electrons. The van der Waals surface area contributed by atoms with Crippen LogP contribution in [0.3, 0.4) is 0 Å². The van der Waals surface area contributed by atoms with E-state index < -0.39 is 23.3 Å². The fourth-order valence-electron chi connectivity index (χ4n) is 3.56. The second-order valence-electron chi connectivity index (χ2n) is 7.66. The van der Waals surface area contributed by atoms with Gasteiger partial charge in [-0.05, 0) is 35.1 Å². The first-order valence-corrected chi connectivity index (χ1v) is 10.7. The molecular formula is C27H25F2NO2. The highest BCUT2D eigenvalue weighted by molar-refractivity contribution is 5.64. The number of rotatable bonds is 10. The number of nitrogens with zero attached hydrogens (tertiary/aromatic N) is 1. The van der Waals surface area contributed by atoms with Crippen molar-refractivity contribution in [2.45, 2.75) is 45.1 Å². The van der Waals surface area contributed by atoms with Crippen molar-refractivity contribution in [3.8, 4) is 22.9 Å². The van der Waals surface area contributed by atoms with E-state index >= 15 is 0 Å². The Morgan fingerprint density at radius 3 is 2.09 bits per heavy atom. The van der Waals surface area contributed by atoms with E-state index in [2.05, 4.69) is 31.2 Å². The van der Waals surface area contributed by atoms with E-state index in [9.17, 15) is 13.6 Å². The molecule has 32 heavy (non-hydrogen) atoms. The Bertz CT molecular complexity index is 1060. The van der Waals surface area contributed by atoms with Gasteiger partial charge < -0.3 is 9.53 Å². The first-order valence-electron chi connectivity index (χ1n) is 10.7. The first-order chi connectivity index (χ1) is 15.5. The van der Waals surface area contributed by atoms with Gasteiger partial charge in [0.2, 0.25) is 0 Å². The maximum Gasteiger partial charge on any atom is 0.147 e. The molecule has 0 saturated heterocycles. The smallest absolute Gasteiger partial charge is 0.147 e. The van der Waals surface area contributed by atoms with Gasteiger partial charge in [-0.15, -0.1) is 0 Å². The molecule has 3 nitrogen and oxygen atoms in total. The summed E-state index contributed by atoms with van der Waals surface area (Å²) in [6.45, 7) is 2.19. The van der Waals surface area contributed by atoms with Crippen LogP contribution >= 0.6 is 0 Å². The lowest BCUT2D eigenvalue weighted by Crippen LogP contribution is -2.09. The minimum absolute atomic E-state index is 0.0229. The van der Waals surface area contributed by atoms with Crippen LogP contribution < -0.4 is 4.74 Å². The monoisotopic (exact) mass is 433 g/mol. The molecule has 0 aliphatic carbocycles. The third-order valence-corrected chi connectivity index (χ3v) is 5.35. The van der Waals surface area contributed by atoms with Crippen molar-refractivity contribution in [3.63, 3.8) is 0 Å². The molecule has 0 N–H and O–H groups in total. The van der Waals surface area contributed by atoms with Gasteiger partial charge in [0, 0.05) is 18.6 Å². The molecule has 0 aromatic heterocycles. The Balaban J connectivity index is 1.75. The lowest BCUT2D eigenvalue weighted by molar-refractivity contribution is -0.109. The maximum atomic E-state index is 13.9. The molecule has 0 fully saturated rings. The van der Waals surface area contributed by atoms with Crippen molar-refractivity contribution >= 4 is 6.29 Å². The van der Waals surface area contributed by atoms with Gasteiger partial charge in [0.15, 0.2) is 0 Å². The van der Waals surface area contributed by atoms with Crippen molar-refractivity contribution in [2.24, 2.45) is 0 Å². The molecule has 0 aliphatic heterocycles. The Labute approximate surface area is 187 Å². The Morgan fingerprint density at radius 1 is 0.969 bits per heavy atom. The summed E-state index contributed by atoms with van der Waals surface area (Å²) in [7, 11) is 0. The van der Waals surface area contributed by atoms with Crippen molar-refractivity contribution in [1.29, 1.82) is 5.26 Å². The van der Waals surface area contributed by atoms with Crippen molar-refractivity contribution in [1.82, 2.24) is 0 Å². The predicted octanol–water partition coefficient (Wildman–Crippen LogP) is 6.95. The molecule has 0 saturated carbocycles. The quantitative estimate of drug-likeness (QED) is 0.257. The minimum Gasteiger partial charge on any atom is -0.485 e. The number of unbranched alkanes of at least 4 members (excludes halogenated alkanes) is 2. The number of carbonyl (C=O) groups is 1. The van der Waals surface area contributed by atoms with E-state index in [1.165, 1.54) is 30.9 Å². The van der Waals surface area contributed by atoms with Crippen LogP contribution in [0.25, 0.3) is 11.1 Å². The summed E-state index contributed by atoms with van der Waals surface area (Å²) >= 11 is 0. The molecule has 0 radical (unpaired) electrons. The van der Waals surface area contributed by atoms with Crippen LogP contribution in [0.1, 0.15) is 55.4 Å². The second kappa shape index (κ2) is 11.2. The number of hydrogen-bond acceptors (Lipinski definition) is 3. The van der Waals surface area contributed by atoms with Crippen LogP contribution in [0.4, 0.5) is 8.78 Å². The highest BCUT2D eigenvalue weighted by Crippen LogP contribution is 2.29. The van der Waals surface area contributed by atoms with Gasteiger partial charge >= 0.3 is 0 Å². The number of ether oxygens (including phenoxy) is 1. The zero-order chi connectivity index (χ0) is 22.9. The molecule has 0 amide bonds. The summed E-state index contributed by atoms with van der Waals surface area (Å²) in [5.41, 5.74) is 3.47. The molecule has 1 atom stereocenters. The Kier molecular flexibility index (Phi) is 8.10. The van der Waals surface area contributed by atoms with Crippen molar-refractivity contribution < 1.29 is 18.3 Å². The van der Waals surface area contributed by atoms with Gasteiger partial charge in [0.05, 0.1) is 0 Å². The van der Waals surface area contributed by atoms with Gasteiger partial charge in [-0.3, -0.25) is 0 Å². The minimum atomic E-state index is -0.999. The molecule has 0 spiro atoms. The normalized spacial score (nSPS) is 11.6. The Hall–Kier alpha value is -3.52. The fraction of sp³-hybridized carbons (Fsp3) is 0.259. The summed E-state index contributed by atoms with van der Waals surface area (Å²) in [6.07, 6.45) is 4.73. The fourth-order valence-corrected chi connectivity index (χ4v) is 3.56. The number of hydrogen-bond donors (Lipinski definition) is 0. The summed E-state index contributed by atoms with van der Waals surface area (Å²) in [4.78, 5) is 11.2. The largest absolute Gasteiger partial charge is 0.485 e. The van der Waals surface area contributed by atoms with Gasteiger partial charge in [-0.2, -0.15) is 5.26 Å². The topological polar surface area (TPSA) is 50.1 Å². The van der Waals surface area contributed by atoms with Crippen LogP contribution in [-0.2, 0) is 11.2 Å². The van der Waals surface area contributed by atoms with E-state index in [-0.39, 0.29) is 12.2 Å². The van der Waals surface area contributed by atoms with Crippen LogP contribution in [0.5, 0.6) is 5.75 Å². The van der Waals surface area contributed by atoms with Gasteiger partial charge in [-0.1, -0.05) is 68.3 Å². The second-order valence-corrected chi connectivity index (χ2v) is 7.66. The van der Waals surface area contributed by atoms with Crippen LogP contribution in [0.2, 0.25) is 0 Å². The molecule has 3 rings (SSSR count). The van der Waals surface area contributed by atoms with Crippen LogP contribution in [0.15, 0.2) is 60.7 Å². The lowest BCUT2D eigenvalue weighted by atomic mass is 9.99. The van der Waals surface area contributed by atoms with E-state index in [0.717, 1.165) is 29.7 Å². The number of halogens is 2. The standard InChI is InChI=1S/C27H25F2NO2/c1-2-3-4-5-19-6-8-20(9-7-19)21-10-12-22(13-11-21)27(14-15-31)32-23-16-25(28)24(18-30)26(29)17-23/h6-13,15-17,27H,2-5,14H2,1H3. The average molecular weight is 433 g/mol.